The lowest BCUT2D eigenvalue weighted by Gasteiger charge is -2.34. The van der Waals surface area contributed by atoms with Gasteiger partial charge in [-0.3, -0.25) is 4.79 Å². The molecular weight excluding hydrogens is 416 g/mol. The van der Waals surface area contributed by atoms with Gasteiger partial charge in [0.1, 0.15) is 0 Å². The van der Waals surface area contributed by atoms with Crippen LogP contribution in [0.3, 0.4) is 0 Å². The zero-order chi connectivity index (χ0) is 18.6. The topological polar surface area (TPSA) is 57.7 Å². The van der Waals surface area contributed by atoms with E-state index < -0.39 is 10.0 Å². The van der Waals surface area contributed by atoms with Crippen LogP contribution >= 0.6 is 15.9 Å². The van der Waals surface area contributed by atoms with E-state index in [1.54, 1.807) is 24.3 Å². The number of carbonyl (C=O) groups excluding carboxylic acids is 1. The third-order valence-electron chi connectivity index (χ3n) is 5.54. The van der Waals surface area contributed by atoms with E-state index in [-0.39, 0.29) is 10.8 Å². The van der Waals surface area contributed by atoms with Crippen molar-refractivity contribution in [3.05, 3.63) is 28.7 Å². The van der Waals surface area contributed by atoms with Crippen molar-refractivity contribution in [3.63, 3.8) is 0 Å². The van der Waals surface area contributed by atoms with Crippen molar-refractivity contribution in [2.45, 2.75) is 49.8 Å². The molecule has 7 heteroatoms. The lowest BCUT2D eigenvalue weighted by atomic mass is 9.86. The van der Waals surface area contributed by atoms with Crippen LogP contribution in [0.1, 0.15) is 44.9 Å². The number of nitrogens with zero attached hydrogens (tertiary/aromatic N) is 2. The predicted octanol–water partition coefficient (Wildman–Crippen LogP) is 3.64. The highest BCUT2D eigenvalue weighted by molar-refractivity contribution is 9.10. The maximum atomic E-state index is 12.8. The van der Waals surface area contributed by atoms with E-state index in [1.807, 2.05) is 4.90 Å². The number of halogens is 1. The Hall–Kier alpha value is -0.920. The molecule has 26 heavy (non-hydrogen) atoms. The Kier molecular flexibility index (Phi) is 6.75. The average molecular weight is 443 g/mol. The fourth-order valence-electron chi connectivity index (χ4n) is 3.93. The smallest absolute Gasteiger partial charge is 0.244 e. The van der Waals surface area contributed by atoms with Crippen LogP contribution in [0.2, 0.25) is 0 Å². The normalized spacial score (nSPS) is 20.3. The average Bonchev–Trinajstić information content (AvgIpc) is 2.67. The van der Waals surface area contributed by atoms with Crippen molar-refractivity contribution >= 4 is 31.9 Å². The van der Waals surface area contributed by atoms with Gasteiger partial charge in [-0.25, -0.2) is 8.42 Å². The van der Waals surface area contributed by atoms with Crippen LogP contribution in [-0.4, -0.2) is 49.7 Å². The lowest BCUT2D eigenvalue weighted by Crippen LogP contribution is -2.50. The summed E-state index contributed by atoms with van der Waals surface area (Å²) in [6, 6.07) is 6.87. The van der Waals surface area contributed by atoms with E-state index in [0.29, 0.717) is 43.0 Å². The Morgan fingerprint density at radius 2 is 1.69 bits per heavy atom. The first kappa shape index (κ1) is 19.8. The van der Waals surface area contributed by atoms with Crippen LogP contribution in [0, 0.1) is 5.92 Å². The second-order valence-electron chi connectivity index (χ2n) is 7.26. The Morgan fingerprint density at radius 3 is 2.35 bits per heavy atom. The maximum Gasteiger partial charge on any atom is 0.244 e. The van der Waals surface area contributed by atoms with Gasteiger partial charge >= 0.3 is 0 Å². The molecule has 0 N–H and O–H groups in total. The zero-order valence-corrected chi connectivity index (χ0v) is 17.5. The highest BCUT2D eigenvalue weighted by Crippen LogP contribution is 2.28. The molecule has 144 valence electrons. The fourth-order valence-corrected chi connectivity index (χ4v) is 6.32. The number of benzene rings is 1. The van der Waals surface area contributed by atoms with Crippen LogP contribution in [0.25, 0.3) is 0 Å². The molecule has 2 aliphatic rings. The monoisotopic (exact) mass is 442 g/mol. The Balaban J connectivity index is 1.52. The minimum atomic E-state index is -3.52. The summed E-state index contributed by atoms with van der Waals surface area (Å²) in [6.07, 6.45) is 8.01. The van der Waals surface area contributed by atoms with Gasteiger partial charge in [-0.05, 0) is 40.4 Å². The van der Waals surface area contributed by atoms with Crippen LogP contribution in [0.5, 0.6) is 0 Å². The van der Waals surface area contributed by atoms with Crippen molar-refractivity contribution in [2.24, 2.45) is 5.92 Å². The largest absolute Gasteiger partial charge is 0.340 e. The fraction of sp³-hybridized carbons (Fsp3) is 0.632. The summed E-state index contributed by atoms with van der Waals surface area (Å²) >= 11 is 3.32. The van der Waals surface area contributed by atoms with Gasteiger partial charge in [0.2, 0.25) is 15.9 Å². The molecule has 0 aromatic heterocycles. The molecule has 5 nitrogen and oxygen atoms in total. The number of sulfonamides is 1. The molecule has 1 heterocycles. The molecule has 0 unspecified atom stereocenters. The number of rotatable bonds is 5. The van der Waals surface area contributed by atoms with Crippen molar-refractivity contribution in [1.29, 1.82) is 0 Å². The molecule has 0 spiro atoms. The van der Waals surface area contributed by atoms with Gasteiger partial charge in [-0.2, -0.15) is 4.31 Å². The highest BCUT2D eigenvalue weighted by atomic mass is 79.9. The summed E-state index contributed by atoms with van der Waals surface area (Å²) in [5.74, 6) is 0.873. The maximum absolute atomic E-state index is 12.8. The molecule has 1 saturated carbocycles. The summed E-state index contributed by atoms with van der Waals surface area (Å²) in [4.78, 5) is 14.6. The summed E-state index contributed by atoms with van der Waals surface area (Å²) < 4.78 is 27.7. The molecule has 1 aliphatic heterocycles. The van der Waals surface area contributed by atoms with Crippen molar-refractivity contribution in [1.82, 2.24) is 9.21 Å². The molecule has 3 rings (SSSR count). The zero-order valence-electron chi connectivity index (χ0n) is 15.1. The molecule has 0 radical (unpaired) electrons. The van der Waals surface area contributed by atoms with E-state index in [4.69, 9.17) is 0 Å². The molecule has 1 amide bonds. The van der Waals surface area contributed by atoms with E-state index in [9.17, 15) is 13.2 Å². The second kappa shape index (κ2) is 8.85. The molecule has 2 fully saturated rings. The van der Waals surface area contributed by atoms with Crippen molar-refractivity contribution in [2.75, 3.05) is 26.2 Å². The number of hydrogen-bond donors (Lipinski definition) is 0. The van der Waals surface area contributed by atoms with Gasteiger partial charge in [0, 0.05) is 37.1 Å². The second-order valence-corrected chi connectivity index (χ2v) is 10.0. The van der Waals surface area contributed by atoms with Gasteiger partial charge in [-0.15, -0.1) is 0 Å². The summed E-state index contributed by atoms with van der Waals surface area (Å²) in [5, 5.41) is 0. The standard InChI is InChI=1S/C19H27BrN2O3S/c20-17-8-4-5-9-18(17)26(24,25)22-14-12-21(13-15-22)19(23)11-10-16-6-2-1-3-7-16/h4-5,8-9,16H,1-3,6-7,10-15H2. The summed E-state index contributed by atoms with van der Waals surface area (Å²) in [7, 11) is -3.52. The molecule has 0 atom stereocenters. The Labute approximate surface area is 164 Å². The number of piperazine rings is 1. The Morgan fingerprint density at radius 1 is 1.04 bits per heavy atom. The van der Waals surface area contributed by atoms with E-state index in [2.05, 4.69) is 15.9 Å². The number of hydrogen-bond acceptors (Lipinski definition) is 3. The third kappa shape index (κ3) is 4.67. The van der Waals surface area contributed by atoms with Gasteiger partial charge in [0.25, 0.3) is 0 Å². The summed E-state index contributed by atoms with van der Waals surface area (Å²) in [5.41, 5.74) is 0. The minimum Gasteiger partial charge on any atom is -0.340 e. The highest BCUT2D eigenvalue weighted by Gasteiger charge is 2.31. The van der Waals surface area contributed by atoms with E-state index in [0.717, 1.165) is 6.42 Å². The Bertz CT molecular complexity index is 724. The quantitative estimate of drug-likeness (QED) is 0.698. The van der Waals surface area contributed by atoms with Crippen LogP contribution in [-0.2, 0) is 14.8 Å². The van der Waals surface area contributed by atoms with Crippen molar-refractivity contribution in [3.8, 4) is 0 Å². The SMILES string of the molecule is O=C(CCC1CCCCC1)N1CCN(S(=O)(=O)c2ccccc2Br)CC1. The first-order valence-corrected chi connectivity index (χ1v) is 11.7. The molecule has 1 aromatic carbocycles. The molecule has 1 aliphatic carbocycles. The van der Waals surface area contributed by atoms with Crippen LogP contribution in [0.15, 0.2) is 33.6 Å². The lowest BCUT2D eigenvalue weighted by molar-refractivity contribution is -0.132. The molecule has 0 bridgehead atoms. The third-order valence-corrected chi connectivity index (χ3v) is 8.45. The van der Waals surface area contributed by atoms with Crippen LogP contribution in [0.4, 0.5) is 0 Å². The summed E-state index contributed by atoms with van der Waals surface area (Å²) in [6.45, 7) is 1.68. The first-order valence-electron chi connectivity index (χ1n) is 9.51. The molecule has 1 aromatic rings. The van der Waals surface area contributed by atoms with E-state index in [1.165, 1.54) is 36.4 Å². The van der Waals surface area contributed by atoms with Crippen LogP contribution < -0.4 is 0 Å². The predicted molar refractivity (Wildman–Crippen MR) is 105 cm³/mol. The van der Waals surface area contributed by atoms with E-state index >= 15 is 0 Å². The van der Waals surface area contributed by atoms with Gasteiger partial charge in [-0.1, -0.05) is 44.2 Å². The van der Waals surface area contributed by atoms with Crippen molar-refractivity contribution < 1.29 is 13.2 Å². The van der Waals surface area contributed by atoms with Gasteiger partial charge < -0.3 is 4.90 Å². The molecular formula is C19H27BrN2O3S. The van der Waals surface area contributed by atoms with Gasteiger partial charge in [0.05, 0.1) is 4.90 Å². The number of carbonyl (C=O) groups is 1. The van der Waals surface area contributed by atoms with Gasteiger partial charge in [0.15, 0.2) is 0 Å². The molecule has 1 saturated heterocycles. The minimum absolute atomic E-state index is 0.175. The first-order chi connectivity index (χ1) is 12.5. The number of amides is 1.